The molecule has 222 valence electrons. The second-order valence-corrected chi connectivity index (χ2v) is 11.0. The van der Waals surface area contributed by atoms with Gasteiger partial charge in [0.1, 0.15) is 33.5 Å². The predicted molar refractivity (Wildman–Crippen MR) is 173 cm³/mol. The van der Waals surface area contributed by atoms with E-state index in [4.69, 9.17) is 19.9 Å². The van der Waals surface area contributed by atoms with E-state index in [0.29, 0.717) is 43.3 Å². The van der Waals surface area contributed by atoms with Crippen molar-refractivity contribution in [2.75, 3.05) is 6.61 Å². The van der Waals surface area contributed by atoms with Crippen molar-refractivity contribution in [1.29, 1.82) is 5.26 Å². The lowest BCUT2D eigenvalue weighted by Crippen LogP contribution is -2.40. The summed E-state index contributed by atoms with van der Waals surface area (Å²) < 4.78 is 19.3. The largest absolute Gasteiger partial charge is 0.463 e. The number of nitrogens with zero attached hydrogens (tertiary/aromatic N) is 2. The Kier molecular flexibility index (Phi) is 8.31. The monoisotopic (exact) mass is 613 g/mol. The van der Waals surface area contributed by atoms with Gasteiger partial charge in [-0.15, -0.1) is 11.3 Å². The Morgan fingerprint density at radius 3 is 2.11 bits per heavy atom. The van der Waals surface area contributed by atoms with Crippen LogP contribution in [0.5, 0.6) is 23.0 Å². The molecule has 0 saturated heterocycles. The molecule has 1 aliphatic heterocycles. The molecule has 1 aromatic heterocycles. The number of carbonyl (C=O) groups is 1. The van der Waals surface area contributed by atoms with Crippen LogP contribution in [0.3, 0.4) is 0 Å². The Hall–Kier alpha value is -5.85. The first-order valence-corrected chi connectivity index (χ1v) is 15.0. The zero-order valence-electron chi connectivity index (χ0n) is 24.2. The Morgan fingerprint density at radius 1 is 0.889 bits per heavy atom. The lowest BCUT2D eigenvalue weighted by Gasteiger charge is -2.25. The maximum atomic E-state index is 13.8. The molecule has 1 atom stereocenters. The fraction of sp³-hybridized carbons (Fsp3) is 0.0833. The molecule has 0 bridgehead atoms. The molecular formula is C36H27N3O5S. The summed E-state index contributed by atoms with van der Waals surface area (Å²) in [6.45, 7) is 1.81. The highest BCUT2D eigenvalue weighted by atomic mass is 32.1. The van der Waals surface area contributed by atoms with Crippen molar-refractivity contribution in [3.8, 4) is 29.1 Å². The van der Waals surface area contributed by atoms with Gasteiger partial charge in [-0.25, -0.2) is 4.79 Å². The van der Waals surface area contributed by atoms with Crippen LogP contribution in [0.4, 0.5) is 0 Å². The Bertz CT molecular complexity index is 2140. The number of benzene rings is 4. The molecule has 2 N–H and O–H groups in total. The van der Waals surface area contributed by atoms with Crippen LogP contribution < -0.4 is 30.0 Å². The van der Waals surface area contributed by atoms with Crippen molar-refractivity contribution in [3.05, 3.63) is 145 Å². The van der Waals surface area contributed by atoms with Gasteiger partial charge in [0, 0.05) is 0 Å². The van der Waals surface area contributed by atoms with Gasteiger partial charge < -0.3 is 19.9 Å². The second kappa shape index (κ2) is 12.8. The van der Waals surface area contributed by atoms with Gasteiger partial charge >= 0.3 is 5.97 Å². The van der Waals surface area contributed by atoms with Crippen LogP contribution in [-0.4, -0.2) is 17.1 Å². The van der Waals surface area contributed by atoms with Gasteiger partial charge in [-0.05, 0) is 72.7 Å². The standard InChI is InChI=1S/C36H27N3O5S/c1-2-42-36(41)32-31(24-12-10-18-28(21-24)44-26-15-7-4-8-16-26)29(22-37)33(38)39-34(40)30(45-35(32)39)20-23-11-9-17-27(19-23)43-25-13-5-3-6-14-25/h3-21,31H,2,38H2,1H3/b30-20-/t31-/m0/s1. The summed E-state index contributed by atoms with van der Waals surface area (Å²) in [6, 6.07) is 35.2. The van der Waals surface area contributed by atoms with Crippen molar-refractivity contribution in [2.24, 2.45) is 5.73 Å². The molecule has 9 heteroatoms. The third-order valence-electron chi connectivity index (χ3n) is 7.07. The molecule has 0 spiro atoms. The normalized spacial score (nSPS) is 14.4. The van der Waals surface area contributed by atoms with E-state index >= 15 is 0 Å². The van der Waals surface area contributed by atoms with Crippen LogP contribution in [0.15, 0.2) is 120 Å². The number of nitrogens with two attached hydrogens (primary N) is 1. The minimum absolute atomic E-state index is 0.0398. The molecule has 5 aromatic rings. The summed E-state index contributed by atoms with van der Waals surface area (Å²) >= 11 is 1.11. The lowest BCUT2D eigenvalue weighted by molar-refractivity contribution is -0.136. The minimum Gasteiger partial charge on any atom is -0.463 e. The van der Waals surface area contributed by atoms with Crippen LogP contribution in [0, 0.1) is 11.3 Å². The number of rotatable bonds is 8. The second-order valence-electron chi connectivity index (χ2n) is 10.0. The number of allylic oxidation sites excluding steroid dienone is 1. The van der Waals surface area contributed by atoms with Crippen LogP contribution >= 0.6 is 11.3 Å². The van der Waals surface area contributed by atoms with E-state index in [2.05, 4.69) is 6.07 Å². The van der Waals surface area contributed by atoms with Gasteiger partial charge in [-0.1, -0.05) is 60.7 Å². The number of nitriles is 1. The minimum atomic E-state index is -0.887. The number of hydrogen-bond acceptors (Lipinski definition) is 8. The van der Waals surface area contributed by atoms with Crippen LogP contribution in [0.25, 0.3) is 17.5 Å². The van der Waals surface area contributed by atoms with Crippen LogP contribution in [0.2, 0.25) is 0 Å². The van der Waals surface area contributed by atoms with Crippen molar-refractivity contribution in [2.45, 2.75) is 12.8 Å². The van der Waals surface area contributed by atoms with E-state index < -0.39 is 17.4 Å². The summed E-state index contributed by atoms with van der Waals surface area (Å²) in [5.74, 6) is 0.855. The Morgan fingerprint density at radius 2 is 1.49 bits per heavy atom. The molecule has 45 heavy (non-hydrogen) atoms. The Labute approximate surface area is 262 Å². The van der Waals surface area contributed by atoms with Crippen molar-refractivity contribution in [1.82, 2.24) is 4.57 Å². The van der Waals surface area contributed by atoms with Gasteiger partial charge in [0.25, 0.3) is 5.56 Å². The van der Waals surface area contributed by atoms with Crippen molar-refractivity contribution >= 4 is 34.8 Å². The lowest BCUT2D eigenvalue weighted by atomic mass is 9.84. The SMILES string of the molecule is CCOC(=O)C1=c2s/c(=C\c3cccc(Oc4ccccc4)c3)c(=O)n2C(N)=C(C#N)[C@@H]1c1cccc(Oc2ccccc2)c1. The number of carbonyl (C=O) groups excluding carboxylic acids is 1. The number of aromatic nitrogens is 1. The molecule has 0 radical (unpaired) electrons. The first-order valence-electron chi connectivity index (χ1n) is 14.2. The summed E-state index contributed by atoms with van der Waals surface area (Å²) in [4.78, 5) is 27.4. The van der Waals surface area contributed by atoms with Crippen LogP contribution in [0.1, 0.15) is 24.0 Å². The highest BCUT2D eigenvalue weighted by molar-refractivity contribution is 7.07. The molecule has 2 heterocycles. The molecule has 0 saturated carbocycles. The average molecular weight is 614 g/mol. The Balaban J connectivity index is 1.50. The number of fused-ring (bicyclic) bond motifs is 1. The molecule has 0 aliphatic carbocycles. The van der Waals surface area contributed by atoms with Gasteiger partial charge in [-0.2, -0.15) is 5.26 Å². The fourth-order valence-electron chi connectivity index (χ4n) is 5.11. The maximum Gasteiger partial charge on any atom is 0.338 e. The molecule has 1 aliphatic rings. The van der Waals surface area contributed by atoms with E-state index in [1.165, 1.54) is 4.57 Å². The van der Waals surface area contributed by atoms with Gasteiger partial charge in [0.2, 0.25) is 0 Å². The zero-order valence-corrected chi connectivity index (χ0v) is 25.0. The molecule has 0 unspecified atom stereocenters. The van der Waals surface area contributed by atoms with E-state index in [1.54, 1.807) is 37.3 Å². The first kappa shape index (κ1) is 29.2. The summed E-state index contributed by atoms with van der Waals surface area (Å²) in [7, 11) is 0. The number of thiazole rings is 1. The van der Waals surface area contributed by atoms with Gasteiger partial charge in [0.05, 0.1) is 34.3 Å². The summed E-state index contributed by atoms with van der Waals surface area (Å²) in [6.07, 6.45) is 1.71. The zero-order chi connectivity index (χ0) is 31.3. The molecule has 4 aromatic carbocycles. The van der Waals surface area contributed by atoms with Crippen molar-refractivity contribution in [3.63, 3.8) is 0 Å². The van der Waals surface area contributed by atoms with E-state index in [-0.39, 0.29) is 23.6 Å². The number of para-hydroxylation sites is 2. The molecule has 0 amide bonds. The molecule has 6 rings (SSSR count). The fourth-order valence-corrected chi connectivity index (χ4v) is 6.28. The first-order chi connectivity index (χ1) is 22.0. The third kappa shape index (κ3) is 6.00. The quantitative estimate of drug-likeness (QED) is 0.230. The average Bonchev–Trinajstić information content (AvgIpc) is 3.37. The third-order valence-corrected chi connectivity index (χ3v) is 8.18. The number of ether oxygens (including phenoxy) is 3. The van der Waals surface area contributed by atoms with Gasteiger partial charge in [-0.3, -0.25) is 9.36 Å². The topological polar surface area (TPSA) is 117 Å². The highest BCUT2D eigenvalue weighted by Crippen LogP contribution is 2.38. The highest BCUT2D eigenvalue weighted by Gasteiger charge is 2.36. The predicted octanol–water partition coefficient (Wildman–Crippen LogP) is 5.49. The van der Waals surface area contributed by atoms with E-state index in [0.717, 1.165) is 11.3 Å². The van der Waals surface area contributed by atoms with Gasteiger partial charge in [0.15, 0.2) is 0 Å². The molecular weight excluding hydrogens is 586 g/mol. The number of hydrogen-bond donors (Lipinski definition) is 1. The summed E-state index contributed by atoms with van der Waals surface area (Å²) in [5, 5.41) is 10.3. The smallest absolute Gasteiger partial charge is 0.338 e. The van der Waals surface area contributed by atoms with E-state index in [1.807, 2.05) is 84.9 Å². The maximum absolute atomic E-state index is 13.8. The molecule has 0 fully saturated rings. The van der Waals surface area contributed by atoms with E-state index in [9.17, 15) is 14.9 Å². The molecule has 8 nitrogen and oxygen atoms in total. The van der Waals surface area contributed by atoms with Crippen LogP contribution in [-0.2, 0) is 9.53 Å². The number of esters is 1. The van der Waals surface area contributed by atoms with Crippen molar-refractivity contribution < 1.29 is 19.0 Å². The summed E-state index contributed by atoms with van der Waals surface area (Å²) in [5.41, 5.74) is 7.61.